The number of thiophene rings is 1. The quantitative estimate of drug-likeness (QED) is 0.516. The summed E-state index contributed by atoms with van der Waals surface area (Å²) in [4.78, 5) is 1.11. The number of benzene rings is 1. The van der Waals surface area contributed by atoms with Crippen LogP contribution in [0, 0.1) is 6.92 Å². The molecule has 4 nitrogen and oxygen atoms in total. The summed E-state index contributed by atoms with van der Waals surface area (Å²) in [6, 6.07) is 7.23. The van der Waals surface area contributed by atoms with Crippen LogP contribution in [0.1, 0.15) is 16.0 Å². The Hall–Kier alpha value is -1.84. The first-order chi connectivity index (χ1) is 13.2. The van der Waals surface area contributed by atoms with Crippen LogP contribution in [-0.4, -0.2) is 22.4 Å². The van der Waals surface area contributed by atoms with E-state index in [1.54, 1.807) is 28.3 Å². The molecule has 3 rings (SSSR count). The van der Waals surface area contributed by atoms with Crippen LogP contribution in [0.2, 0.25) is 0 Å². The van der Waals surface area contributed by atoms with Crippen LogP contribution in [0.25, 0.3) is 11.3 Å². The van der Waals surface area contributed by atoms with E-state index in [2.05, 4.69) is 26.3 Å². The molecule has 0 amide bonds. The van der Waals surface area contributed by atoms with Gasteiger partial charge in [0.15, 0.2) is 0 Å². The van der Waals surface area contributed by atoms with Gasteiger partial charge in [-0.2, -0.15) is 18.3 Å². The van der Waals surface area contributed by atoms with Crippen molar-refractivity contribution in [3.63, 3.8) is 0 Å². The fraction of sp³-hybridized carbons (Fsp3) is 0.316. The summed E-state index contributed by atoms with van der Waals surface area (Å²) in [6.07, 6.45) is -2.20. The molecule has 0 spiro atoms. The summed E-state index contributed by atoms with van der Waals surface area (Å²) in [5.41, 5.74) is 7.86. The van der Waals surface area contributed by atoms with E-state index in [4.69, 9.17) is 5.73 Å². The van der Waals surface area contributed by atoms with Crippen molar-refractivity contribution in [3.05, 3.63) is 57.0 Å². The number of aryl methyl sites for hydroxylation is 2. The predicted octanol–water partition coefficient (Wildman–Crippen LogP) is 5.22. The Morgan fingerprint density at radius 1 is 1.32 bits per heavy atom. The summed E-state index contributed by atoms with van der Waals surface area (Å²) in [5.74, 6) is 0. The lowest BCUT2D eigenvalue weighted by Crippen LogP contribution is -2.30. The van der Waals surface area contributed by atoms with Gasteiger partial charge in [0.2, 0.25) is 0 Å². The van der Waals surface area contributed by atoms with E-state index < -0.39 is 11.7 Å². The predicted molar refractivity (Wildman–Crippen MR) is 111 cm³/mol. The number of nitrogens with one attached hydrogen (secondary N) is 1. The van der Waals surface area contributed by atoms with Gasteiger partial charge in [0.25, 0.3) is 0 Å². The molecular formula is C19H20BrF3N4S. The Morgan fingerprint density at radius 3 is 2.68 bits per heavy atom. The minimum absolute atomic E-state index is 0.177. The van der Waals surface area contributed by atoms with Gasteiger partial charge in [-0.15, -0.1) is 11.3 Å². The number of aromatic nitrogens is 2. The topological polar surface area (TPSA) is 55.9 Å². The molecule has 2 aromatic heterocycles. The van der Waals surface area contributed by atoms with Gasteiger partial charge in [-0.05, 0) is 47.0 Å². The zero-order valence-electron chi connectivity index (χ0n) is 15.3. The first kappa shape index (κ1) is 20.9. The van der Waals surface area contributed by atoms with Crippen LogP contribution in [0.4, 0.5) is 18.2 Å². The van der Waals surface area contributed by atoms with Crippen LogP contribution in [0.3, 0.4) is 0 Å². The van der Waals surface area contributed by atoms with Crippen LogP contribution in [0.15, 0.2) is 41.0 Å². The van der Waals surface area contributed by atoms with Crippen LogP contribution >= 0.6 is 27.3 Å². The number of halogens is 4. The minimum atomic E-state index is -4.35. The maximum Gasteiger partial charge on any atom is 0.416 e. The molecule has 0 radical (unpaired) electrons. The first-order valence-corrected chi connectivity index (χ1v) is 10.2. The number of alkyl halides is 3. The summed E-state index contributed by atoms with van der Waals surface area (Å²) in [7, 11) is 1.88. The highest BCUT2D eigenvalue weighted by atomic mass is 79.9. The van der Waals surface area contributed by atoms with Crippen molar-refractivity contribution >= 4 is 32.3 Å². The Morgan fingerprint density at radius 2 is 2.07 bits per heavy atom. The average Bonchev–Trinajstić information content (AvgIpc) is 3.15. The Balaban J connectivity index is 1.78. The number of nitrogens with two attached hydrogens (primary N) is 1. The Kier molecular flexibility index (Phi) is 6.16. The van der Waals surface area contributed by atoms with E-state index in [-0.39, 0.29) is 6.04 Å². The third kappa shape index (κ3) is 4.59. The standard InChI is InChI=1S/C19H20BrF3N4S/c1-11-15(18-16(20)10-25-27(18)2)8-17(28-11)26-14(9-24)7-12-4-3-5-13(6-12)19(21,22)23/h3-6,8,10,14,26H,7,9,24H2,1-2H3/t14-/m0/s1. The molecule has 1 aromatic carbocycles. The van der Waals surface area contributed by atoms with E-state index in [1.807, 2.05) is 20.0 Å². The monoisotopic (exact) mass is 472 g/mol. The molecule has 0 bridgehead atoms. The molecule has 0 aliphatic rings. The molecular weight excluding hydrogens is 453 g/mol. The molecule has 28 heavy (non-hydrogen) atoms. The second kappa shape index (κ2) is 8.26. The maximum atomic E-state index is 12.9. The molecule has 0 aliphatic carbocycles. The van der Waals surface area contributed by atoms with E-state index in [0.717, 1.165) is 31.7 Å². The number of hydrogen-bond donors (Lipinski definition) is 2. The molecule has 0 saturated carbocycles. The van der Waals surface area contributed by atoms with Crippen molar-refractivity contribution < 1.29 is 13.2 Å². The number of nitrogens with zero attached hydrogens (tertiary/aromatic N) is 2. The van der Waals surface area contributed by atoms with Crippen LogP contribution in [0.5, 0.6) is 0 Å². The smallest absolute Gasteiger partial charge is 0.373 e. The third-order valence-electron chi connectivity index (χ3n) is 4.43. The number of hydrogen-bond acceptors (Lipinski definition) is 4. The zero-order chi connectivity index (χ0) is 20.5. The van der Waals surface area contributed by atoms with Crippen molar-refractivity contribution in [2.45, 2.75) is 25.6 Å². The van der Waals surface area contributed by atoms with Crippen molar-refractivity contribution in [3.8, 4) is 11.3 Å². The van der Waals surface area contributed by atoms with Crippen LogP contribution in [-0.2, 0) is 19.6 Å². The van der Waals surface area contributed by atoms with Gasteiger partial charge in [0.05, 0.1) is 26.9 Å². The van der Waals surface area contributed by atoms with Crippen molar-refractivity contribution in [1.29, 1.82) is 0 Å². The lowest BCUT2D eigenvalue weighted by atomic mass is 10.0. The van der Waals surface area contributed by atoms with Crippen molar-refractivity contribution in [2.75, 3.05) is 11.9 Å². The Labute approximate surface area is 173 Å². The summed E-state index contributed by atoms with van der Waals surface area (Å²) in [5, 5.41) is 8.53. The normalized spacial score (nSPS) is 13.0. The molecule has 1 atom stereocenters. The van der Waals surface area contributed by atoms with Gasteiger partial charge in [0, 0.05) is 30.1 Å². The van der Waals surface area contributed by atoms with Crippen molar-refractivity contribution in [1.82, 2.24) is 9.78 Å². The second-order valence-corrected chi connectivity index (χ2v) is 8.64. The second-order valence-electron chi connectivity index (χ2n) is 6.52. The average molecular weight is 473 g/mol. The van der Waals surface area contributed by atoms with E-state index >= 15 is 0 Å². The highest BCUT2D eigenvalue weighted by Crippen LogP contribution is 2.37. The highest BCUT2D eigenvalue weighted by Gasteiger charge is 2.30. The zero-order valence-corrected chi connectivity index (χ0v) is 17.8. The SMILES string of the molecule is Cc1sc(N[C@H](CN)Cc2cccc(C(F)(F)F)c2)cc1-c1c(Br)cnn1C. The molecule has 3 aromatic rings. The summed E-state index contributed by atoms with van der Waals surface area (Å²) >= 11 is 5.10. The molecule has 0 saturated heterocycles. The number of anilines is 1. The number of rotatable bonds is 6. The third-order valence-corrected chi connectivity index (χ3v) is 6.00. The van der Waals surface area contributed by atoms with Gasteiger partial charge >= 0.3 is 6.18 Å². The molecule has 0 unspecified atom stereocenters. The van der Waals surface area contributed by atoms with E-state index in [0.29, 0.717) is 18.5 Å². The maximum absolute atomic E-state index is 12.9. The summed E-state index contributed by atoms with van der Waals surface area (Å²) in [6.45, 7) is 2.33. The summed E-state index contributed by atoms with van der Waals surface area (Å²) < 4.78 is 41.5. The lowest BCUT2D eigenvalue weighted by molar-refractivity contribution is -0.137. The van der Waals surface area contributed by atoms with Gasteiger partial charge in [-0.1, -0.05) is 18.2 Å². The Bertz CT molecular complexity index is 945. The molecule has 0 fully saturated rings. The highest BCUT2D eigenvalue weighted by molar-refractivity contribution is 9.10. The fourth-order valence-corrected chi connectivity index (χ4v) is 4.62. The van der Waals surface area contributed by atoms with Gasteiger partial charge in [-0.25, -0.2) is 0 Å². The fourth-order valence-electron chi connectivity index (χ4n) is 3.06. The minimum Gasteiger partial charge on any atom is -0.373 e. The lowest BCUT2D eigenvalue weighted by Gasteiger charge is -2.18. The van der Waals surface area contributed by atoms with Gasteiger partial charge in [0.1, 0.15) is 0 Å². The molecule has 0 aliphatic heterocycles. The van der Waals surface area contributed by atoms with Gasteiger partial charge < -0.3 is 11.1 Å². The van der Waals surface area contributed by atoms with Crippen LogP contribution < -0.4 is 11.1 Å². The van der Waals surface area contributed by atoms with Crippen molar-refractivity contribution in [2.24, 2.45) is 12.8 Å². The van der Waals surface area contributed by atoms with E-state index in [1.165, 1.54) is 12.1 Å². The molecule has 2 heterocycles. The first-order valence-electron chi connectivity index (χ1n) is 8.60. The molecule has 150 valence electrons. The van der Waals surface area contributed by atoms with E-state index in [9.17, 15) is 13.2 Å². The largest absolute Gasteiger partial charge is 0.416 e. The van der Waals surface area contributed by atoms with Gasteiger partial charge in [-0.3, -0.25) is 4.68 Å². The molecule has 3 N–H and O–H groups in total. The molecule has 9 heteroatoms.